The zero-order chi connectivity index (χ0) is 11.4. The monoisotopic (exact) mass is 300 g/mol. The van der Waals surface area contributed by atoms with E-state index in [2.05, 4.69) is 26.1 Å². The molecule has 0 fully saturated rings. The van der Waals surface area contributed by atoms with E-state index < -0.39 is 0 Å². The summed E-state index contributed by atoms with van der Waals surface area (Å²) >= 11 is 9.17. The standard InChI is InChI=1S/C11H10BrClN2O/c12-7-1-2-10-14-11(15-16-10)8-3-5-9(13)6-4-8/h3-6H,1-2,7H2. The summed E-state index contributed by atoms with van der Waals surface area (Å²) in [5, 5.41) is 5.56. The molecule has 0 aliphatic carbocycles. The van der Waals surface area contributed by atoms with Crippen molar-refractivity contribution in [1.29, 1.82) is 0 Å². The van der Waals surface area contributed by atoms with Crippen molar-refractivity contribution < 1.29 is 4.52 Å². The Morgan fingerprint density at radius 3 is 2.69 bits per heavy atom. The quantitative estimate of drug-likeness (QED) is 0.808. The molecule has 2 aromatic rings. The molecule has 0 aliphatic heterocycles. The molecule has 0 radical (unpaired) electrons. The van der Waals surface area contributed by atoms with Gasteiger partial charge in [0.05, 0.1) is 0 Å². The zero-order valence-corrected chi connectivity index (χ0v) is 10.8. The van der Waals surface area contributed by atoms with Crippen LogP contribution in [0.3, 0.4) is 0 Å². The van der Waals surface area contributed by atoms with E-state index in [0.717, 1.165) is 23.7 Å². The van der Waals surface area contributed by atoms with Crippen LogP contribution in [0.1, 0.15) is 12.3 Å². The normalized spacial score (nSPS) is 10.6. The minimum atomic E-state index is 0.612. The topological polar surface area (TPSA) is 38.9 Å². The van der Waals surface area contributed by atoms with Gasteiger partial charge in [-0.15, -0.1) is 0 Å². The van der Waals surface area contributed by atoms with E-state index in [0.29, 0.717) is 16.7 Å². The Labute approximate surface area is 107 Å². The molecule has 1 aromatic heterocycles. The lowest BCUT2D eigenvalue weighted by Gasteiger charge is -1.93. The molecule has 2 rings (SSSR count). The maximum absolute atomic E-state index is 5.80. The number of halogens is 2. The van der Waals surface area contributed by atoms with Gasteiger partial charge >= 0.3 is 0 Å². The Kier molecular flexibility index (Phi) is 3.96. The highest BCUT2D eigenvalue weighted by atomic mass is 79.9. The molecule has 0 aliphatic rings. The van der Waals surface area contributed by atoms with E-state index in [4.69, 9.17) is 16.1 Å². The second-order valence-corrected chi connectivity index (χ2v) is 4.54. The predicted molar refractivity (Wildman–Crippen MR) is 66.9 cm³/mol. The van der Waals surface area contributed by atoms with Gasteiger partial charge in [-0.2, -0.15) is 4.98 Å². The molecule has 1 aromatic carbocycles. The summed E-state index contributed by atoms with van der Waals surface area (Å²) in [4.78, 5) is 4.31. The van der Waals surface area contributed by atoms with E-state index in [1.807, 2.05) is 24.3 Å². The van der Waals surface area contributed by atoms with Crippen LogP contribution in [0.2, 0.25) is 5.02 Å². The summed E-state index contributed by atoms with van der Waals surface area (Å²) in [7, 11) is 0. The van der Waals surface area contributed by atoms with Crippen molar-refractivity contribution in [2.75, 3.05) is 5.33 Å². The van der Waals surface area contributed by atoms with Crippen molar-refractivity contribution in [3.8, 4) is 11.4 Å². The van der Waals surface area contributed by atoms with Crippen LogP contribution in [0.15, 0.2) is 28.8 Å². The number of hydrogen-bond acceptors (Lipinski definition) is 3. The highest BCUT2D eigenvalue weighted by Crippen LogP contribution is 2.18. The van der Waals surface area contributed by atoms with Crippen LogP contribution in [0.5, 0.6) is 0 Å². The Morgan fingerprint density at radius 2 is 2.00 bits per heavy atom. The van der Waals surface area contributed by atoms with Crippen LogP contribution >= 0.6 is 27.5 Å². The highest BCUT2D eigenvalue weighted by Gasteiger charge is 2.07. The van der Waals surface area contributed by atoms with Crippen LogP contribution in [-0.4, -0.2) is 15.5 Å². The number of benzene rings is 1. The summed E-state index contributed by atoms with van der Waals surface area (Å²) in [6, 6.07) is 7.37. The van der Waals surface area contributed by atoms with Gasteiger partial charge in [0.1, 0.15) is 0 Å². The smallest absolute Gasteiger partial charge is 0.226 e. The third-order valence-electron chi connectivity index (χ3n) is 2.09. The van der Waals surface area contributed by atoms with Crippen LogP contribution in [0.25, 0.3) is 11.4 Å². The molecule has 0 bridgehead atoms. The SMILES string of the molecule is Clc1ccc(-c2noc(CCCBr)n2)cc1. The third kappa shape index (κ3) is 2.83. The van der Waals surface area contributed by atoms with Gasteiger partial charge in [-0.1, -0.05) is 32.7 Å². The number of rotatable bonds is 4. The Bertz CT molecular complexity index is 455. The molecule has 0 spiro atoms. The van der Waals surface area contributed by atoms with Crippen molar-refractivity contribution in [3.63, 3.8) is 0 Å². The van der Waals surface area contributed by atoms with Gasteiger partial charge in [-0.05, 0) is 30.7 Å². The van der Waals surface area contributed by atoms with Gasteiger partial charge in [-0.3, -0.25) is 0 Å². The van der Waals surface area contributed by atoms with Crippen LogP contribution in [-0.2, 0) is 6.42 Å². The van der Waals surface area contributed by atoms with Gasteiger partial charge in [0, 0.05) is 22.3 Å². The second-order valence-electron chi connectivity index (χ2n) is 3.31. The first-order valence-corrected chi connectivity index (χ1v) is 6.44. The molecule has 1 heterocycles. The number of aromatic nitrogens is 2. The molecule has 84 valence electrons. The molecule has 0 amide bonds. The molecule has 0 saturated carbocycles. The van der Waals surface area contributed by atoms with Crippen LogP contribution in [0.4, 0.5) is 0 Å². The number of nitrogens with zero attached hydrogens (tertiary/aromatic N) is 2. The molecule has 0 saturated heterocycles. The summed E-state index contributed by atoms with van der Waals surface area (Å²) in [6.07, 6.45) is 1.79. The molecule has 3 nitrogen and oxygen atoms in total. The van der Waals surface area contributed by atoms with Crippen molar-refractivity contribution in [2.45, 2.75) is 12.8 Å². The first kappa shape index (κ1) is 11.6. The minimum absolute atomic E-state index is 0.612. The average Bonchev–Trinajstić information content (AvgIpc) is 2.76. The van der Waals surface area contributed by atoms with Crippen molar-refractivity contribution in [2.24, 2.45) is 0 Å². The molecule has 0 N–H and O–H groups in total. The van der Waals surface area contributed by atoms with E-state index in [1.165, 1.54) is 0 Å². The minimum Gasteiger partial charge on any atom is -0.339 e. The van der Waals surface area contributed by atoms with E-state index in [-0.39, 0.29) is 0 Å². The first-order chi connectivity index (χ1) is 7.79. The van der Waals surface area contributed by atoms with Crippen molar-refractivity contribution in [1.82, 2.24) is 10.1 Å². The number of aryl methyl sites for hydroxylation is 1. The molecule has 16 heavy (non-hydrogen) atoms. The van der Waals surface area contributed by atoms with E-state index >= 15 is 0 Å². The Balaban J connectivity index is 2.15. The molecule has 0 atom stereocenters. The van der Waals surface area contributed by atoms with Crippen molar-refractivity contribution in [3.05, 3.63) is 35.2 Å². The fourth-order valence-corrected chi connectivity index (χ4v) is 1.70. The maximum atomic E-state index is 5.80. The molecular weight excluding hydrogens is 291 g/mol. The lowest BCUT2D eigenvalue weighted by atomic mass is 10.2. The molecular formula is C11H10BrClN2O. The van der Waals surface area contributed by atoms with Gasteiger partial charge in [0.25, 0.3) is 0 Å². The molecule has 0 unspecified atom stereocenters. The first-order valence-electron chi connectivity index (χ1n) is 4.94. The van der Waals surface area contributed by atoms with E-state index in [9.17, 15) is 0 Å². The highest BCUT2D eigenvalue weighted by molar-refractivity contribution is 9.09. The predicted octanol–water partition coefficient (Wildman–Crippen LogP) is 3.72. The lowest BCUT2D eigenvalue weighted by molar-refractivity contribution is 0.378. The van der Waals surface area contributed by atoms with Gasteiger partial charge in [-0.25, -0.2) is 0 Å². The van der Waals surface area contributed by atoms with Crippen LogP contribution < -0.4 is 0 Å². The number of alkyl halides is 1. The lowest BCUT2D eigenvalue weighted by Crippen LogP contribution is -1.86. The van der Waals surface area contributed by atoms with Crippen LogP contribution in [0, 0.1) is 0 Å². The van der Waals surface area contributed by atoms with Gasteiger partial charge < -0.3 is 4.52 Å². The second kappa shape index (κ2) is 5.46. The maximum Gasteiger partial charge on any atom is 0.226 e. The summed E-state index contributed by atoms with van der Waals surface area (Å²) in [5.74, 6) is 1.28. The summed E-state index contributed by atoms with van der Waals surface area (Å²) in [6.45, 7) is 0. The Hall–Kier alpha value is -0.870. The fourth-order valence-electron chi connectivity index (χ4n) is 1.29. The third-order valence-corrected chi connectivity index (χ3v) is 2.91. The average molecular weight is 302 g/mol. The van der Waals surface area contributed by atoms with Gasteiger partial charge in [0.2, 0.25) is 11.7 Å². The summed E-state index contributed by atoms with van der Waals surface area (Å²) < 4.78 is 5.14. The molecule has 5 heteroatoms. The summed E-state index contributed by atoms with van der Waals surface area (Å²) in [5.41, 5.74) is 0.915. The number of hydrogen-bond donors (Lipinski definition) is 0. The zero-order valence-electron chi connectivity index (χ0n) is 8.49. The fraction of sp³-hybridized carbons (Fsp3) is 0.273. The van der Waals surface area contributed by atoms with Gasteiger partial charge in [0.15, 0.2) is 0 Å². The largest absolute Gasteiger partial charge is 0.339 e. The Morgan fingerprint density at radius 1 is 1.25 bits per heavy atom. The van der Waals surface area contributed by atoms with E-state index in [1.54, 1.807) is 0 Å². The van der Waals surface area contributed by atoms with Crippen molar-refractivity contribution >= 4 is 27.5 Å².